The molecule has 1 aliphatic heterocycles. The first kappa shape index (κ1) is 27.1. The normalized spacial score (nSPS) is 11.8. The molecule has 0 N–H and O–H groups in total. The summed E-state index contributed by atoms with van der Waals surface area (Å²) in [5.41, 5.74) is 17.8. The topological polar surface area (TPSA) is 107 Å². The van der Waals surface area contributed by atoms with Crippen LogP contribution in [0, 0.1) is 55.4 Å². The largest absolute Gasteiger partial charge is 0.187 e. The number of rotatable bonds is 0. The van der Waals surface area contributed by atoms with Gasteiger partial charge in [-0.25, -0.2) is 0 Å². The van der Waals surface area contributed by atoms with Crippen LogP contribution >= 0.6 is 23.5 Å². The van der Waals surface area contributed by atoms with Gasteiger partial charge in [0.15, 0.2) is 0 Å². The smallest absolute Gasteiger partial charge is 0.116 e. The van der Waals surface area contributed by atoms with Gasteiger partial charge in [-0.2, -0.15) is 41.2 Å². The number of aromatic nitrogens is 7. The highest BCUT2D eigenvalue weighted by molar-refractivity contribution is 7.58. The first-order chi connectivity index (χ1) is 18.6. The van der Waals surface area contributed by atoms with Gasteiger partial charge in [0.2, 0.25) is 0 Å². The summed E-state index contributed by atoms with van der Waals surface area (Å²) in [7, 11) is 1.85. The molecule has 7 rings (SSSR count). The fourth-order valence-electron chi connectivity index (χ4n) is 4.53. The molecule has 0 radical (unpaired) electrons. The van der Waals surface area contributed by atoms with Crippen molar-refractivity contribution in [1.29, 1.82) is 0 Å². The van der Waals surface area contributed by atoms with E-state index in [1.807, 2.05) is 20.9 Å². The van der Waals surface area contributed by atoms with Gasteiger partial charge < -0.3 is 0 Å². The highest BCUT2D eigenvalue weighted by atomic mass is 32.1. The van der Waals surface area contributed by atoms with Crippen LogP contribution in [0.3, 0.4) is 0 Å². The molecule has 9 nitrogen and oxygen atoms in total. The van der Waals surface area contributed by atoms with Gasteiger partial charge in [0.05, 0.1) is 34.8 Å². The number of aryl methyl sites for hydroxylation is 7. The second-order valence-corrected chi connectivity index (χ2v) is 11.3. The molecule has 0 saturated heterocycles. The monoisotopic (exact) mass is 575 g/mol. The molecule has 3 aromatic heterocycles. The molecule has 0 fully saturated rings. The third-order valence-corrected chi connectivity index (χ3v) is 8.91. The van der Waals surface area contributed by atoms with Crippen molar-refractivity contribution in [1.82, 2.24) is 32.5 Å². The Bertz CT molecular complexity index is 1830. The number of fused-ring (bicyclic) bond motifs is 4. The van der Waals surface area contributed by atoms with E-state index in [0.717, 1.165) is 55.6 Å². The Morgan fingerprint density at radius 3 is 1.23 bits per heavy atom. The molecule has 0 saturated carbocycles. The van der Waals surface area contributed by atoms with Crippen LogP contribution in [0.4, 0.5) is 11.4 Å². The molecule has 3 aromatic carbocycles. The summed E-state index contributed by atoms with van der Waals surface area (Å²) >= 11 is 3.78. The molecule has 4 heterocycles. The summed E-state index contributed by atoms with van der Waals surface area (Å²) < 4.78 is 25.7. The molecule has 0 aliphatic carbocycles. The van der Waals surface area contributed by atoms with Crippen molar-refractivity contribution in [3.63, 3.8) is 0 Å². The summed E-state index contributed by atoms with van der Waals surface area (Å²) in [6, 6.07) is 4.15. The molecular formula is C27H29N9S3. The zero-order valence-electron chi connectivity index (χ0n) is 23.4. The highest BCUT2D eigenvalue weighted by Gasteiger charge is 2.18. The van der Waals surface area contributed by atoms with E-state index in [2.05, 4.69) is 90.1 Å². The van der Waals surface area contributed by atoms with Crippen LogP contribution < -0.4 is 0 Å². The SMILES string of the molecule is Cc1c(C)c(C)c2nsnc2c1C.Cc1c2c(c(C)c3nsnc13)N=S=N2.Cc1ccc(C)c2nn(C)nc12. The molecule has 0 unspecified atom stereocenters. The van der Waals surface area contributed by atoms with Crippen molar-refractivity contribution < 1.29 is 0 Å². The van der Waals surface area contributed by atoms with Crippen molar-refractivity contribution >= 4 is 79.3 Å². The lowest BCUT2D eigenvalue weighted by atomic mass is 9.98. The third kappa shape index (κ3) is 4.77. The maximum atomic E-state index is 4.31. The van der Waals surface area contributed by atoms with Gasteiger partial charge in [0.25, 0.3) is 0 Å². The summed E-state index contributed by atoms with van der Waals surface area (Å²) in [6.07, 6.45) is 0. The standard InChI is InChI=1S/C10H12N2S.C9H11N3.C8H6N4S2/c1-5-6(2)8(4)10-9(7(5)3)11-13-12-10;1-6-4-5-7(2)9-8(6)10-12(3)11-9;1-3-5-7(11-13-9-5)4(2)8-6(3)10-14-12-8/h1-4H3;4-5H,1-3H3;1-2H3. The first-order valence-electron chi connectivity index (χ1n) is 12.4. The van der Waals surface area contributed by atoms with E-state index >= 15 is 0 Å². The van der Waals surface area contributed by atoms with E-state index in [1.165, 1.54) is 68.2 Å². The van der Waals surface area contributed by atoms with Crippen molar-refractivity contribution in [3.8, 4) is 0 Å². The van der Waals surface area contributed by atoms with Crippen LogP contribution in [0.2, 0.25) is 0 Å². The van der Waals surface area contributed by atoms with E-state index < -0.39 is 0 Å². The minimum atomic E-state index is 0.965. The van der Waals surface area contributed by atoms with Gasteiger partial charge >= 0.3 is 0 Å². The Morgan fingerprint density at radius 2 is 0.846 bits per heavy atom. The fourth-order valence-corrected chi connectivity index (χ4v) is 6.48. The zero-order chi connectivity index (χ0) is 28.0. The van der Waals surface area contributed by atoms with E-state index in [0.29, 0.717) is 0 Å². The van der Waals surface area contributed by atoms with Crippen LogP contribution in [0.5, 0.6) is 0 Å². The number of hydrogen-bond donors (Lipinski definition) is 0. The van der Waals surface area contributed by atoms with Crippen molar-refractivity contribution in [3.05, 3.63) is 56.6 Å². The molecule has 6 aromatic rings. The minimum Gasteiger partial charge on any atom is -0.187 e. The second kappa shape index (κ2) is 10.6. The van der Waals surface area contributed by atoms with E-state index in [9.17, 15) is 0 Å². The maximum absolute atomic E-state index is 4.31. The summed E-state index contributed by atoms with van der Waals surface area (Å²) in [6.45, 7) is 16.7. The van der Waals surface area contributed by atoms with Crippen LogP contribution in [-0.2, 0) is 18.4 Å². The predicted molar refractivity (Wildman–Crippen MR) is 163 cm³/mol. The molecule has 0 atom stereocenters. The molecular weight excluding hydrogens is 547 g/mol. The average molecular weight is 576 g/mol. The molecule has 0 spiro atoms. The van der Waals surface area contributed by atoms with Gasteiger partial charge in [-0.15, -0.1) is 0 Å². The van der Waals surface area contributed by atoms with Crippen LogP contribution in [0.25, 0.3) is 33.1 Å². The lowest BCUT2D eigenvalue weighted by Crippen LogP contribution is -1.92. The predicted octanol–water partition coefficient (Wildman–Crippen LogP) is 7.54. The quantitative estimate of drug-likeness (QED) is 0.185. The Labute approximate surface area is 238 Å². The Hall–Kier alpha value is -3.48. The van der Waals surface area contributed by atoms with E-state index in [1.54, 1.807) is 4.80 Å². The minimum absolute atomic E-state index is 0.965. The van der Waals surface area contributed by atoms with E-state index in [4.69, 9.17) is 0 Å². The number of hydrogen-bond acceptors (Lipinski definition) is 10. The lowest BCUT2D eigenvalue weighted by molar-refractivity contribution is 0.664. The van der Waals surface area contributed by atoms with Gasteiger partial charge in [-0.05, 0) is 88.8 Å². The number of nitrogens with zero attached hydrogens (tertiary/aromatic N) is 9. The summed E-state index contributed by atoms with van der Waals surface area (Å²) in [5, 5.41) is 8.56. The van der Waals surface area contributed by atoms with E-state index in [-0.39, 0.29) is 0 Å². The number of benzene rings is 3. The van der Waals surface area contributed by atoms with Gasteiger partial charge in [0, 0.05) is 18.2 Å². The molecule has 0 amide bonds. The van der Waals surface area contributed by atoms with Crippen LogP contribution in [0.1, 0.15) is 44.5 Å². The zero-order valence-corrected chi connectivity index (χ0v) is 25.9. The second-order valence-electron chi connectivity index (χ2n) is 9.72. The van der Waals surface area contributed by atoms with Gasteiger partial charge in [-0.3, -0.25) is 0 Å². The molecule has 200 valence electrons. The van der Waals surface area contributed by atoms with Crippen molar-refractivity contribution in [2.45, 2.75) is 55.4 Å². The molecule has 39 heavy (non-hydrogen) atoms. The first-order valence-corrected chi connectivity index (χ1v) is 14.6. The van der Waals surface area contributed by atoms with Crippen LogP contribution in [-0.4, -0.2) is 32.5 Å². The van der Waals surface area contributed by atoms with Crippen molar-refractivity contribution in [2.75, 3.05) is 0 Å². The van der Waals surface area contributed by atoms with Gasteiger partial charge in [0.1, 0.15) is 44.5 Å². The Balaban J connectivity index is 0.000000119. The fraction of sp³-hybridized carbons (Fsp3) is 0.333. The Morgan fingerprint density at radius 1 is 0.487 bits per heavy atom. The van der Waals surface area contributed by atoms with Crippen molar-refractivity contribution in [2.24, 2.45) is 15.8 Å². The third-order valence-electron chi connectivity index (χ3n) is 7.33. The summed E-state index contributed by atoms with van der Waals surface area (Å²) in [4.78, 5) is 1.62. The van der Waals surface area contributed by atoms with Gasteiger partial charge in [-0.1, -0.05) is 12.1 Å². The van der Waals surface area contributed by atoms with Crippen LogP contribution in [0.15, 0.2) is 20.9 Å². The summed E-state index contributed by atoms with van der Waals surface area (Å²) in [5.74, 6) is 0. The molecule has 1 aliphatic rings. The highest BCUT2D eigenvalue weighted by Crippen LogP contribution is 2.42. The maximum Gasteiger partial charge on any atom is 0.116 e. The lowest BCUT2D eigenvalue weighted by Gasteiger charge is -2.08. The average Bonchev–Trinajstić information content (AvgIpc) is 3.73. The molecule has 0 bridgehead atoms. The molecule has 12 heteroatoms. The Kier molecular flexibility index (Phi) is 7.36.